The first-order valence-electron chi connectivity index (χ1n) is 7.91. The third kappa shape index (κ3) is 2.61. The number of hydrogen-bond donors (Lipinski definition) is 1. The van der Waals surface area contributed by atoms with Gasteiger partial charge in [-0.1, -0.05) is 6.42 Å². The summed E-state index contributed by atoms with van der Waals surface area (Å²) in [5.41, 5.74) is 1.70. The summed E-state index contributed by atoms with van der Waals surface area (Å²) in [6.07, 6.45) is 7.50. The molecule has 2 aromatic rings. The van der Waals surface area contributed by atoms with Crippen LogP contribution in [0.2, 0.25) is 0 Å². The van der Waals surface area contributed by atoms with Gasteiger partial charge < -0.3 is 5.32 Å². The Labute approximate surface area is 128 Å². The van der Waals surface area contributed by atoms with E-state index in [9.17, 15) is 4.79 Å². The number of fused-ring (bicyclic) bond motifs is 2. The quantitative estimate of drug-likeness (QED) is 0.940. The topological polar surface area (TPSA) is 72.7 Å². The van der Waals surface area contributed by atoms with Crippen molar-refractivity contribution in [1.29, 1.82) is 0 Å². The molecule has 4 rings (SSSR count). The predicted molar refractivity (Wildman–Crippen MR) is 81.3 cm³/mol. The molecule has 3 atom stereocenters. The molecule has 0 radical (unpaired) electrons. The molecule has 114 valence electrons. The molecule has 2 saturated carbocycles. The van der Waals surface area contributed by atoms with Crippen LogP contribution in [0.25, 0.3) is 5.69 Å². The van der Waals surface area contributed by atoms with Crippen molar-refractivity contribution in [3.8, 4) is 5.69 Å². The van der Waals surface area contributed by atoms with Crippen LogP contribution in [0, 0.1) is 17.8 Å². The Bertz CT molecular complexity index is 652. The van der Waals surface area contributed by atoms with Gasteiger partial charge in [-0.3, -0.25) is 4.79 Å². The number of aromatic nitrogens is 4. The summed E-state index contributed by atoms with van der Waals surface area (Å²) < 4.78 is 1.58. The maximum atomic E-state index is 12.2. The maximum absolute atomic E-state index is 12.2. The molecule has 1 aromatic heterocycles. The number of anilines is 1. The molecule has 0 aliphatic heterocycles. The first-order valence-corrected chi connectivity index (χ1v) is 7.91. The van der Waals surface area contributed by atoms with Crippen LogP contribution in [-0.2, 0) is 4.79 Å². The van der Waals surface area contributed by atoms with Crippen molar-refractivity contribution in [2.45, 2.75) is 32.1 Å². The second kappa shape index (κ2) is 5.51. The van der Waals surface area contributed by atoms with Gasteiger partial charge in [-0.15, -0.1) is 5.10 Å². The fourth-order valence-electron chi connectivity index (χ4n) is 4.05. The molecule has 1 aromatic carbocycles. The monoisotopic (exact) mass is 297 g/mol. The van der Waals surface area contributed by atoms with Crippen LogP contribution >= 0.6 is 0 Å². The molecule has 2 aliphatic carbocycles. The highest BCUT2D eigenvalue weighted by Crippen LogP contribution is 2.49. The van der Waals surface area contributed by atoms with E-state index in [0.29, 0.717) is 12.3 Å². The predicted octanol–water partition coefficient (Wildman–Crippen LogP) is 2.43. The van der Waals surface area contributed by atoms with Gasteiger partial charge in [0.15, 0.2) is 0 Å². The molecular formula is C16H19N5O. The first kappa shape index (κ1) is 13.4. The van der Waals surface area contributed by atoms with Gasteiger partial charge in [-0.05, 0) is 71.7 Å². The van der Waals surface area contributed by atoms with E-state index >= 15 is 0 Å². The molecule has 1 heterocycles. The van der Waals surface area contributed by atoms with E-state index in [-0.39, 0.29) is 5.91 Å². The molecular weight excluding hydrogens is 278 g/mol. The smallest absolute Gasteiger partial charge is 0.224 e. The number of carbonyl (C=O) groups is 1. The molecule has 2 aliphatic rings. The van der Waals surface area contributed by atoms with Crippen molar-refractivity contribution in [2.24, 2.45) is 17.8 Å². The fraction of sp³-hybridized carbons (Fsp3) is 0.500. The molecule has 1 amide bonds. The Morgan fingerprint density at radius 1 is 1.23 bits per heavy atom. The SMILES string of the molecule is O=C(CC1CC2CCC1C2)Nc1ccc(-n2cnnn2)cc1. The highest BCUT2D eigenvalue weighted by Gasteiger charge is 2.40. The number of tetrazole rings is 1. The average Bonchev–Trinajstić information content (AvgIpc) is 3.25. The summed E-state index contributed by atoms with van der Waals surface area (Å²) in [6.45, 7) is 0. The van der Waals surface area contributed by atoms with Crippen LogP contribution in [0.1, 0.15) is 32.1 Å². The van der Waals surface area contributed by atoms with E-state index in [0.717, 1.165) is 23.2 Å². The Morgan fingerprint density at radius 3 is 2.73 bits per heavy atom. The number of carbonyl (C=O) groups excluding carboxylic acids is 1. The summed E-state index contributed by atoms with van der Waals surface area (Å²) in [5.74, 6) is 2.41. The Kier molecular flexibility index (Phi) is 3.36. The van der Waals surface area contributed by atoms with Crippen molar-refractivity contribution in [3.63, 3.8) is 0 Å². The molecule has 1 N–H and O–H groups in total. The van der Waals surface area contributed by atoms with Gasteiger partial charge >= 0.3 is 0 Å². The van der Waals surface area contributed by atoms with Crippen molar-refractivity contribution >= 4 is 11.6 Å². The van der Waals surface area contributed by atoms with Crippen LogP contribution in [0.15, 0.2) is 30.6 Å². The first-order chi connectivity index (χ1) is 10.8. The van der Waals surface area contributed by atoms with E-state index in [1.807, 2.05) is 24.3 Å². The van der Waals surface area contributed by atoms with E-state index in [1.54, 1.807) is 11.0 Å². The summed E-state index contributed by atoms with van der Waals surface area (Å²) in [6, 6.07) is 7.55. The van der Waals surface area contributed by atoms with Crippen LogP contribution in [0.3, 0.4) is 0 Å². The minimum atomic E-state index is 0.132. The van der Waals surface area contributed by atoms with Crippen molar-refractivity contribution < 1.29 is 4.79 Å². The standard InChI is InChI=1S/C16H19N5O/c22-16(9-13-8-11-1-2-12(13)7-11)18-14-3-5-15(6-4-14)21-10-17-19-20-21/h3-6,10-13H,1-2,7-9H2,(H,18,22). The summed E-state index contributed by atoms with van der Waals surface area (Å²) in [4.78, 5) is 12.2. The third-order valence-corrected chi connectivity index (χ3v) is 5.10. The third-order valence-electron chi connectivity index (χ3n) is 5.10. The molecule has 0 saturated heterocycles. The molecule has 3 unspecified atom stereocenters. The molecule has 6 nitrogen and oxygen atoms in total. The van der Waals surface area contributed by atoms with Crippen LogP contribution in [0.5, 0.6) is 0 Å². The zero-order valence-electron chi connectivity index (χ0n) is 12.4. The van der Waals surface area contributed by atoms with Crippen molar-refractivity contribution in [3.05, 3.63) is 30.6 Å². The zero-order valence-corrected chi connectivity index (χ0v) is 12.4. The summed E-state index contributed by atoms with van der Waals surface area (Å²) in [7, 11) is 0. The van der Waals surface area contributed by atoms with Gasteiger partial charge in [0, 0.05) is 12.1 Å². The molecule has 2 fully saturated rings. The highest BCUT2D eigenvalue weighted by molar-refractivity contribution is 5.91. The van der Waals surface area contributed by atoms with Gasteiger partial charge in [0.05, 0.1) is 5.69 Å². The number of rotatable bonds is 4. The van der Waals surface area contributed by atoms with Gasteiger partial charge in [-0.25, -0.2) is 4.68 Å². The number of nitrogens with one attached hydrogen (secondary N) is 1. The van der Waals surface area contributed by atoms with Gasteiger partial charge in [0.1, 0.15) is 6.33 Å². The van der Waals surface area contributed by atoms with E-state index in [4.69, 9.17) is 0 Å². The number of hydrogen-bond acceptors (Lipinski definition) is 4. The molecule has 6 heteroatoms. The number of nitrogens with zero attached hydrogens (tertiary/aromatic N) is 4. The normalized spacial score (nSPS) is 26.3. The Hall–Kier alpha value is -2.24. The number of amides is 1. The highest BCUT2D eigenvalue weighted by atomic mass is 16.1. The minimum Gasteiger partial charge on any atom is -0.326 e. The van der Waals surface area contributed by atoms with E-state index in [1.165, 1.54) is 25.7 Å². The minimum absolute atomic E-state index is 0.132. The lowest BCUT2D eigenvalue weighted by atomic mass is 9.86. The van der Waals surface area contributed by atoms with Gasteiger partial charge in [-0.2, -0.15) is 0 Å². The fourth-order valence-corrected chi connectivity index (χ4v) is 4.05. The molecule has 0 spiro atoms. The van der Waals surface area contributed by atoms with E-state index in [2.05, 4.69) is 20.8 Å². The van der Waals surface area contributed by atoms with Crippen molar-refractivity contribution in [1.82, 2.24) is 20.2 Å². The van der Waals surface area contributed by atoms with Crippen LogP contribution < -0.4 is 5.32 Å². The lowest BCUT2D eigenvalue weighted by molar-refractivity contribution is -0.117. The number of benzene rings is 1. The second-order valence-electron chi connectivity index (χ2n) is 6.49. The summed E-state index contributed by atoms with van der Waals surface area (Å²) in [5, 5.41) is 14.1. The maximum Gasteiger partial charge on any atom is 0.224 e. The molecule has 22 heavy (non-hydrogen) atoms. The van der Waals surface area contributed by atoms with Gasteiger partial charge in [0.2, 0.25) is 5.91 Å². The zero-order chi connectivity index (χ0) is 14.9. The Balaban J connectivity index is 1.35. The molecule has 2 bridgehead atoms. The van der Waals surface area contributed by atoms with Gasteiger partial charge in [0.25, 0.3) is 0 Å². The lowest BCUT2D eigenvalue weighted by Gasteiger charge is -2.20. The van der Waals surface area contributed by atoms with E-state index < -0.39 is 0 Å². The van der Waals surface area contributed by atoms with Crippen molar-refractivity contribution in [2.75, 3.05) is 5.32 Å². The lowest BCUT2D eigenvalue weighted by Crippen LogP contribution is -2.20. The van der Waals surface area contributed by atoms with Crippen LogP contribution in [0.4, 0.5) is 5.69 Å². The average molecular weight is 297 g/mol. The largest absolute Gasteiger partial charge is 0.326 e. The second-order valence-corrected chi connectivity index (χ2v) is 6.49. The summed E-state index contributed by atoms with van der Waals surface area (Å²) >= 11 is 0. The van der Waals surface area contributed by atoms with Crippen LogP contribution in [-0.4, -0.2) is 26.1 Å². The Morgan fingerprint density at radius 2 is 2.09 bits per heavy atom.